The number of rotatable bonds is 9. The zero-order valence-corrected chi connectivity index (χ0v) is 24.7. The van der Waals surface area contributed by atoms with E-state index in [1.165, 1.54) is 38.8 Å². The summed E-state index contributed by atoms with van der Waals surface area (Å²) in [5, 5.41) is 23.1. The predicted octanol–water partition coefficient (Wildman–Crippen LogP) is 3.24. The lowest BCUT2D eigenvalue weighted by molar-refractivity contribution is -0.884. The molecule has 1 aromatic carbocycles. The van der Waals surface area contributed by atoms with E-state index in [9.17, 15) is 9.59 Å². The van der Waals surface area contributed by atoms with Crippen LogP contribution in [0.4, 0.5) is 23.5 Å². The standard InChI is InChI=1S/C24H36ClN7O.C4H4O4/c1-31-14-12-19(13-15-31)32(2)24-29-22(26-17-8-6-4-5-7-9-17)28-23(30-24)27-18-10-11-21(33-3)20(25)16-18;5-3(6)1-2-4(7)8/h10-11,16-17,19H,4-9,12-15H2,1-3H3,(H2,26,27,28,29,30);1-2H,(H,5,6)(H,7,8)/p+1/b;2-1-. The van der Waals surface area contributed by atoms with Crippen molar-refractivity contribution >= 4 is 47.1 Å². The second kappa shape index (κ2) is 16.0. The first-order valence-electron chi connectivity index (χ1n) is 14.0. The summed E-state index contributed by atoms with van der Waals surface area (Å²) in [4.78, 5) is 37.2. The molecule has 2 fully saturated rings. The number of piperidine rings is 1. The summed E-state index contributed by atoms with van der Waals surface area (Å²) in [5.41, 5.74) is 0.809. The molecule has 1 aliphatic heterocycles. The summed E-state index contributed by atoms with van der Waals surface area (Å²) in [6, 6.07) is 6.42. The number of halogens is 1. The van der Waals surface area contributed by atoms with E-state index in [4.69, 9.17) is 41.5 Å². The average Bonchev–Trinajstić information content (AvgIpc) is 3.21. The minimum absolute atomic E-state index is 0.406. The predicted molar refractivity (Wildman–Crippen MR) is 159 cm³/mol. The molecule has 0 bridgehead atoms. The largest absolute Gasteiger partial charge is 0.495 e. The molecule has 1 aromatic heterocycles. The minimum Gasteiger partial charge on any atom is -0.495 e. The fraction of sp³-hybridized carbons (Fsp3) is 0.536. The fourth-order valence-electron chi connectivity index (χ4n) is 4.91. The Morgan fingerprint density at radius 1 is 1.00 bits per heavy atom. The van der Waals surface area contributed by atoms with Gasteiger partial charge in [-0.1, -0.05) is 37.3 Å². The highest BCUT2D eigenvalue weighted by Crippen LogP contribution is 2.29. The summed E-state index contributed by atoms with van der Waals surface area (Å²) < 4.78 is 5.27. The van der Waals surface area contributed by atoms with Gasteiger partial charge in [-0.05, 0) is 31.0 Å². The van der Waals surface area contributed by atoms with E-state index < -0.39 is 11.9 Å². The number of hydrogen-bond acceptors (Lipinski definition) is 9. The summed E-state index contributed by atoms with van der Waals surface area (Å²) >= 11 is 6.33. The van der Waals surface area contributed by atoms with Crippen LogP contribution in [0.3, 0.4) is 0 Å². The molecule has 0 amide bonds. The number of ether oxygens (including phenoxy) is 1. The number of nitrogens with one attached hydrogen (secondary N) is 3. The van der Waals surface area contributed by atoms with Crippen molar-refractivity contribution in [1.82, 2.24) is 15.0 Å². The van der Waals surface area contributed by atoms with Gasteiger partial charge < -0.3 is 35.4 Å². The number of anilines is 4. The summed E-state index contributed by atoms with van der Waals surface area (Å²) in [6.07, 6.45) is 10.8. The average molecular weight is 591 g/mol. The van der Waals surface area contributed by atoms with Crippen LogP contribution in [0.25, 0.3) is 0 Å². The van der Waals surface area contributed by atoms with Crippen molar-refractivity contribution in [3.63, 3.8) is 0 Å². The fourth-order valence-corrected chi connectivity index (χ4v) is 5.17. The summed E-state index contributed by atoms with van der Waals surface area (Å²) in [5.74, 6) is -0.0202. The second-order valence-corrected chi connectivity index (χ2v) is 10.8. The summed E-state index contributed by atoms with van der Waals surface area (Å²) in [7, 11) is 5.97. The molecule has 5 N–H and O–H groups in total. The Morgan fingerprint density at radius 2 is 1.61 bits per heavy atom. The van der Waals surface area contributed by atoms with E-state index in [1.807, 2.05) is 18.2 Å². The van der Waals surface area contributed by atoms with E-state index in [-0.39, 0.29) is 0 Å². The lowest BCUT2D eigenvalue weighted by atomic mass is 10.0. The van der Waals surface area contributed by atoms with E-state index in [0.29, 0.717) is 52.9 Å². The highest BCUT2D eigenvalue weighted by molar-refractivity contribution is 6.32. The van der Waals surface area contributed by atoms with Crippen LogP contribution in [0.1, 0.15) is 51.4 Å². The molecule has 2 aliphatic rings. The molecular formula is C28H41ClN7O5+. The molecule has 2 aromatic rings. The third-order valence-corrected chi connectivity index (χ3v) is 7.56. The molecule has 13 heteroatoms. The van der Waals surface area contributed by atoms with Crippen LogP contribution in [0.2, 0.25) is 5.02 Å². The van der Waals surface area contributed by atoms with Crippen molar-refractivity contribution in [2.24, 2.45) is 0 Å². The van der Waals surface area contributed by atoms with Gasteiger partial charge in [0.25, 0.3) is 0 Å². The Labute approximate surface area is 245 Å². The number of likely N-dealkylation sites (tertiary alicyclic amines) is 1. The third-order valence-electron chi connectivity index (χ3n) is 7.26. The SMILES string of the molecule is COc1ccc(Nc2nc(NC3CCCCCC3)nc(N(C)C3CC[NH+](C)CC3)n2)cc1Cl.O=C(O)/C=C\C(=O)O. The van der Waals surface area contributed by atoms with Gasteiger partial charge in [-0.25, -0.2) is 9.59 Å². The normalized spacial score (nSPS) is 19.4. The third kappa shape index (κ3) is 10.7. The molecule has 0 atom stereocenters. The maximum absolute atomic E-state index is 9.55. The molecule has 1 saturated carbocycles. The van der Waals surface area contributed by atoms with E-state index in [2.05, 4.69) is 29.6 Å². The highest BCUT2D eigenvalue weighted by Gasteiger charge is 2.26. The van der Waals surface area contributed by atoms with Gasteiger partial charge in [0.05, 0.1) is 32.3 Å². The summed E-state index contributed by atoms with van der Waals surface area (Å²) in [6.45, 7) is 2.34. The van der Waals surface area contributed by atoms with E-state index >= 15 is 0 Å². The number of aromatic nitrogens is 3. The lowest BCUT2D eigenvalue weighted by Gasteiger charge is -2.33. The second-order valence-electron chi connectivity index (χ2n) is 10.4. The molecular weight excluding hydrogens is 550 g/mol. The van der Waals surface area contributed by atoms with Crippen LogP contribution in [0.5, 0.6) is 5.75 Å². The van der Waals surface area contributed by atoms with Gasteiger partial charge in [0.15, 0.2) is 0 Å². The van der Waals surface area contributed by atoms with Crippen molar-refractivity contribution in [1.29, 1.82) is 0 Å². The van der Waals surface area contributed by atoms with Crippen LogP contribution in [-0.2, 0) is 9.59 Å². The molecule has 1 saturated heterocycles. The van der Waals surface area contributed by atoms with E-state index in [1.54, 1.807) is 12.0 Å². The first kappa shape index (κ1) is 31.9. The number of benzene rings is 1. The van der Waals surface area contributed by atoms with Crippen molar-refractivity contribution < 1.29 is 29.4 Å². The monoisotopic (exact) mass is 590 g/mol. The Balaban J connectivity index is 0.000000507. The van der Waals surface area contributed by atoms with Crippen molar-refractivity contribution in [3.05, 3.63) is 35.4 Å². The Morgan fingerprint density at radius 3 is 2.17 bits per heavy atom. The van der Waals surface area contributed by atoms with Crippen molar-refractivity contribution in [3.8, 4) is 5.75 Å². The molecule has 2 heterocycles. The molecule has 0 spiro atoms. The van der Waals surface area contributed by atoms with Crippen LogP contribution in [-0.4, -0.2) is 83.5 Å². The molecule has 0 unspecified atom stereocenters. The number of nitrogens with zero attached hydrogens (tertiary/aromatic N) is 4. The quantitative estimate of drug-likeness (QED) is 0.216. The van der Waals surface area contributed by atoms with Crippen LogP contribution < -0.4 is 25.2 Å². The number of aliphatic carboxylic acids is 2. The first-order chi connectivity index (χ1) is 19.6. The number of carboxylic acids is 2. The molecule has 41 heavy (non-hydrogen) atoms. The lowest BCUT2D eigenvalue weighted by Crippen LogP contribution is -3.10. The maximum Gasteiger partial charge on any atom is 0.328 e. The minimum atomic E-state index is -1.26. The van der Waals surface area contributed by atoms with Crippen LogP contribution in [0.15, 0.2) is 30.4 Å². The Bertz CT molecular complexity index is 1170. The molecule has 4 rings (SSSR count). The van der Waals surface area contributed by atoms with Gasteiger partial charge in [-0.2, -0.15) is 15.0 Å². The van der Waals surface area contributed by atoms with Gasteiger partial charge in [0.1, 0.15) is 5.75 Å². The molecule has 12 nitrogen and oxygen atoms in total. The zero-order chi connectivity index (χ0) is 29.8. The smallest absolute Gasteiger partial charge is 0.328 e. The Hall–Kier alpha value is -3.64. The van der Waals surface area contributed by atoms with Gasteiger partial charge in [0, 0.05) is 49.8 Å². The maximum atomic E-state index is 9.55. The van der Waals surface area contributed by atoms with Gasteiger partial charge in [-0.3, -0.25) is 0 Å². The molecule has 224 valence electrons. The zero-order valence-electron chi connectivity index (χ0n) is 23.9. The van der Waals surface area contributed by atoms with Gasteiger partial charge in [0.2, 0.25) is 17.8 Å². The van der Waals surface area contributed by atoms with Crippen molar-refractivity contribution in [2.45, 2.75) is 63.5 Å². The van der Waals surface area contributed by atoms with E-state index in [0.717, 1.165) is 31.4 Å². The van der Waals surface area contributed by atoms with Crippen LogP contribution >= 0.6 is 11.6 Å². The Kier molecular flexibility index (Phi) is 12.4. The number of carbonyl (C=O) groups is 2. The van der Waals surface area contributed by atoms with Gasteiger partial charge in [-0.15, -0.1) is 0 Å². The van der Waals surface area contributed by atoms with Gasteiger partial charge >= 0.3 is 11.9 Å². The highest BCUT2D eigenvalue weighted by atomic mass is 35.5. The first-order valence-corrected chi connectivity index (χ1v) is 14.3. The number of methoxy groups -OCH3 is 1. The number of carboxylic acid groups (broad SMARTS) is 2. The topological polar surface area (TPSA) is 154 Å². The molecule has 0 radical (unpaired) electrons. The van der Waals surface area contributed by atoms with Crippen LogP contribution in [0, 0.1) is 0 Å². The molecule has 1 aliphatic carbocycles. The number of quaternary nitrogens is 1. The van der Waals surface area contributed by atoms with Crippen molar-refractivity contribution in [2.75, 3.05) is 49.8 Å². The number of hydrogen-bond donors (Lipinski definition) is 5.